The lowest BCUT2D eigenvalue weighted by atomic mass is 10.0. The van der Waals surface area contributed by atoms with Gasteiger partial charge in [-0.15, -0.1) is 0 Å². The molecule has 1 unspecified atom stereocenters. The molecule has 1 aromatic rings. The maximum absolute atomic E-state index is 11.9. The van der Waals surface area contributed by atoms with Crippen LogP contribution in [0.2, 0.25) is 0 Å². The third-order valence-electron chi connectivity index (χ3n) is 3.37. The van der Waals surface area contributed by atoms with Crippen molar-refractivity contribution in [2.75, 3.05) is 7.11 Å². The molecule has 0 spiro atoms. The van der Waals surface area contributed by atoms with E-state index in [1.165, 1.54) is 5.56 Å². The summed E-state index contributed by atoms with van der Waals surface area (Å²) < 4.78 is 10.8. The van der Waals surface area contributed by atoms with Crippen molar-refractivity contribution in [1.29, 1.82) is 0 Å². The van der Waals surface area contributed by atoms with Crippen LogP contribution in [0.3, 0.4) is 0 Å². The zero-order chi connectivity index (χ0) is 14.4. The normalized spacial score (nSPS) is 12.1. The molecule has 0 aliphatic heterocycles. The molecule has 0 amide bonds. The minimum absolute atomic E-state index is 0.0969. The van der Waals surface area contributed by atoms with Crippen LogP contribution in [0.5, 0.6) is 11.5 Å². The Hall–Kier alpha value is -1.51. The van der Waals surface area contributed by atoms with Gasteiger partial charge >= 0.3 is 5.97 Å². The van der Waals surface area contributed by atoms with E-state index in [9.17, 15) is 4.79 Å². The van der Waals surface area contributed by atoms with E-state index in [1.807, 2.05) is 32.9 Å². The van der Waals surface area contributed by atoms with Crippen LogP contribution in [0.25, 0.3) is 0 Å². The second kappa shape index (κ2) is 7.17. The monoisotopic (exact) mass is 264 g/mol. The number of esters is 1. The van der Waals surface area contributed by atoms with Crippen LogP contribution in [0.15, 0.2) is 12.1 Å². The van der Waals surface area contributed by atoms with Crippen LogP contribution in [-0.4, -0.2) is 13.1 Å². The van der Waals surface area contributed by atoms with Crippen molar-refractivity contribution in [2.45, 2.75) is 47.0 Å². The first-order chi connectivity index (χ1) is 9.03. The third-order valence-corrected chi connectivity index (χ3v) is 3.37. The van der Waals surface area contributed by atoms with Gasteiger partial charge in [0, 0.05) is 0 Å². The Morgan fingerprint density at radius 1 is 1.26 bits per heavy atom. The molecule has 0 heterocycles. The number of carbonyl (C=O) groups excluding carboxylic acids is 1. The zero-order valence-corrected chi connectivity index (χ0v) is 12.6. The summed E-state index contributed by atoms with van der Waals surface area (Å²) in [7, 11) is 1.60. The topological polar surface area (TPSA) is 35.5 Å². The summed E-state index contributed by atoms with van der Waals surface area (Å²) in [5, 5.41) is 0. The van der Waals surface area contributed by atoms with Crippen LogP contribution in [0.4, 0.5) is 0 Å². The van der Waals surface area contributed by atoms with Crippen LogP contribution in [0, 0.1) is 12.8 Å². The van der Waals surface area contributed by atoms with E-state index >= 15 is 0 Å². The molecule has 0 aliphatic carbocycles. The van der Waals surface area contributed by atoms with Gasteiger partial charge in [-0.2, -0.15) is 0 Å². The molecular formula is C16H24O3. The number of carbonyl (C=O) groups is 1. The summed E-state index contributed by atoms with van der Waals surface area (Å²) in [6.07, 6.45) is 2.85. The number of methoxy groups -OCH3 is 1. The predicted molar refractivity (Wildman–Crippen MR) is 76.8 cm³/mol. The Kier molecular flexibility index (Phi) is 5.87. The summed E-state index contributed by atoms with van der Waals surface area (Å²) in [6.45, 7) is 8.01. The number of hydrogen-bond acceptors (Lipinski definition) is 3. The van der Waals surface area contributed by atoms with E-state index < -0.39 is 0 Å². The van der Waals surface area contributed by atoms with Crippen LogP contribution < -0.4 is 9.47 Å². The van der Waals surface area contributed by atoms with Gasteiger partial charge in [0.2, 0.25) is 0 Å². The van der Waals surface area contributed by atoms with Gasteiger partial charge in [-0.05, 0) is 43.0 Å². The van der Waals surface area contributed by atoms with Gasteiger partial charge < -0.3 is 9.47 Å². The summed E-state index contributed by atoms with van der Waals surface area (Å²) in [5.74, 6) is 0.847. The average Bonchev–Trinajstić information content (AvgIpc) is 2.40. The molecule has 0 saturated carbocycles. The van der Waals surface area contributed by atoms with Crippen LogP contribution in [0.1, 0.15) is 44.7 Å². The van der Waals surface area contributed by atoms with Gasteiger partial charge in [0.25, 0.3) is 0 Å². The van der Waals surface area contributed by atoms with Crippen molar-refractivity contribution >= 4 is 5.97 Å². The van der Waals surface area contributed by atoms with Crippen LogP contribution in [-0.2, 0) is 11.2 Å². The van der Waals surface area contributed by atoms with E-state index in [2.05, 4.69) is 6.92 Å². The van der Waals surface area contributed by atoms with E-state index in [4.69, 9.17) is 9.47 Å². The van der Waals surface area contributed by atoms with Crippen molar-refractivity contribution in [2.24, 2.45) is 5.92 Å². The standard InChI is InChI=1S/C16H24O3/c1-6-8-13-10-14(18-5)15(9-12(13)4)19-16(17)11(3)7-2/h9-11H,6-8H2,1-5H3. The lowest BCUT2D eigenvalue weighted by molar-refractivity contribution is -0.138. The maximum Gasteiger partial charge on any atom is 0.314 e. The van der Waals surface area contributed by atoms with Gasteiger partial charge in [0.05, 0.1) is 13.0 Å². The highest BCUT2D eigenvalue weighted by Crippen LogP contribution is 2.31. The van der Waals surface area contributed by atoms with E-state index in [0.29, 0.717) is 11.5 Å². The smallest absolute Gasteiger partial charge is 0.314 e. The van der Waals surface area contributed by atoms with Crippen LogP contribution >= 0.6 is 0 Å². The summed E-state index contributed by atoms with van der Waals surface area (Å²) in [6, 6.07) is 3.86. The van der Waals surface area contributed by atoms with Crippen molar-refractivity contribution in [1.82, 2.24) is 0 Å². The predicted octanol–water partition coefficient (Wildman–Crippen LogP) is 3.91. The number of benzene rings is 1. The molecule has 0 saturated heterocycles. The fourth-order valence-electron chi connectivity index (χ4n) is 1.86. The van der Waals surface area contributed by atoms with Crippen molar-refractivity contribution < 1.29 is 14.3 Å². The molecule has 0 fully saturated rings. The zero-order valence-electron chi connectivity index (χ0n) is 12.6. The lowest BCUT2D eigenvalue weighted by Gasteiger charge is -2.15. The molecule has 1 aromatic carbocycles. The highest BCUT2D eigenvalue weighted by Gasteiger charge is 2.17. The molecule has 1 atom stereocenters. The Balaban J connectivity index is 3.00. The SMILES string of the molecule is CCCc1cc(OC)c(OC(=O)C(C)CC)cc1C. The fraction of sp³-hybridized carbons (Fsp3) is 0.562. The van der Waals surface area contributed by atoms with E-state index in [-0.39, 0.29) is 11.9 Å². The highest BCUT2D eigenvalue weighted by molar-refractivity contribution is 5.75. The molecule has 106 valence electrons. The molecule has 0 bridgehead atoms. The van der Waals surface area contributed by atoms with Crippen molar-refractivity contribution in [3.05, 3.63) is 23.3 Å². The van der Waals surface area contributed by atoms with Gasteiger partial charge in [0.15, 0.2) is 11.5 Å². The second-order valence-electron chi connectivity index (χ2n) is 4.91. The Bertz CT molecular complexity index is 438. The van der Waals surface area contributed by atoms with Crippen molar-refractivity contribution in [3.8, 4) is 11.5 Å². The largest absolute Gasteiger partial charge is 0.493 e. The fourth-order valence-corrected chi connectivity index (χ4v) is 1.86. The molecule has 3 nitrogen and oxygen atoms in total. The first-order valence-corrected chi connectivity index (χ1v) is 6.92. The first-order valence-electron chi connectivity index (χ1n) is 6.92. The molecule has 0 aliphatic rings. The minimum atomic E-state index is -0.205. The van der Waals surface area contributed by atoms with E-state index in [1.54, 1.807) is 7.11 Å². The number of hydrogen-bond donors (Lipinski definition) is 0. The molecule has 0 radical (unpaired) electrons. The minimum Gasteiger partial charge on any atom is -0.493 e. The summed E-state index contributed by atoms with van der Waals surface area (Å²) >= 11 is 0. The highest BCUT2D eigenvalue weighted by atomic mass is 16.6. The quantitative estimate of drug-likeness (QED) is 0.577. The Morgan fingerprint density at radius 3 is 2.47 bits per heavy atom. The molecule has 19 heavy (non-hydrogen) atoms. The van der Waals surface area contributed by atoms with Gasteiger partial charge in [-0.1, -0.05) is 27.2 Å². The molecule has 0 N–H and O–H groups in total. The molecule has 0 aromatic heterocycles. The van der Waals surface area contributed by atoms with E-state index in [0.717, 1.165) is 24.8 Å². The number of rotatable bonds is 6. The van der Waals surface area contributed by atoms with Crippen molar-refractivity contribution in [3.63, 3.8) is 0 Å². The number of aryl methyl sites for hydroxylation is 2. The summed E-state index contributed by atoms with van der Waals surface area (Å²) in [5.41, 5.74) is 2.37. The lowest BCUT2D eigenvalue weighted by Crippen LogP contribution is -2.17. The Labute approximate surface area is 115 Å². The molecular weight excluding hydrogens is 240 g/mol. The molecule has 1 rings (SSSR count). The van der Waals surface area contributed by atoms with Gasteiger partial charge in [0.1, 0.15) is 0 Å². The first kappa shape index (κ1) is 15.5. The maximum atomic E-state index is 11.9. The molecule has 3 heteroatoms. The third kappa shape index (κ3) is 3.98. The second-order valence-corrected chi connectivity index (χ2v) is 4.91. The van der Waals surface area contributed by atoms with Gasteiger partial charge in [-0.3, -0.25) is 4.79 Å². The average molecular weight is 264 g/mol. The Morgan fingerprint density at radius 2 is 1.95 bits per heavy atom. The van der Waals surface area contributed by atoms with Gasteiger partial charge in [-0.25, -0.2) is 0 Å². The number of ether oxygens (including phenoxy) is 2. The summed E-state index contributed by atoms with van der Waals surface area (Å²) in [4.78, 5) is 11.9.